The fourth-order valence-corrected chi connectivity index (χ4v) is 2.79. The van der Waals surface area contributed by atoms with Crippen LogP contribution in [-0.4, -0.2) is 11.8 Å². The summed E-state index contributed by atoms with van der Waals surface area (Å²) in [6.45, 7) is 6.45. The van der Waals surface area contributed by atoms with Gasteiger partial charge in [-0.15, -0.1) is 0 Å². The van der Waals surface area contributed by atoms with Crippen molar-refractivity contribution in [1.29, 1.82) is 10.8 Å². The molecule has 0 saturated heterocycles. The average Bonchev–Trinajstić information content (AvgIpc) is 2.68. The van der Waals surface area contributed by atoms with Gasteiger partial charge in [0.2, 0.25) is 11.8 Å². The molecular formula is C24H24N2O. The van der Waals surface area contributed by atoms with Gasteiger partial charge < -0.3 is 4.74 Å². The van der Waals surface area contributed by atoms with Crippen LogP contribution < -0.4 is 0 Å². The second-order valence-electron chi connectivity index (χ2n) is 7.53. The first-order chi connectivity index (χ1) is 12.8. The second kappa shape index (κ2) is 7.58. The first-order valence-corrected chi connectivity index (χ1v) is 8.96. The minimum atomic E-state index is -0.0282. The summed E-state index contributed by atoms with van der Waals surface area (Å²) in [5.41, 5.74) is 4.78. The van der Waals surface area contributed by atoms with E-state index in [1.165, 1.54) is 5.56 Å². The highest BCUT2D eigenvalue weighted by Gasteiger charge is 2.14. The first kappa shape index (κ1) is 18.6. The van der Waals surface area contributed by atoms with Gasteiger partial charge in [0.25, 0.3) is 0 Å². The van der Waals surface area contributed by atoms with Crippen LogP contribution in [0.25, 0.3) is 11.1 Å². The lowest BCUT2D eigenvalue weighted by molar-refractivity contribution is 0.538. The van der Waals surface area contributed by atoms with E-state index < -0.39 is 0 Å². The van der Waals surface area contributed by atoms with Gasteiger partial charge in [0.05, 0.1) is 0 Å². The van der Waals surface area contributed by atoms with Crippen molar-refractivity contribution >= 4 is 11.8 Å². The van der Waals surface area contributed by atoms with E-state index >= 15 is 0 Å². The highest BCUT2D eigenvalue weighted by molar-refractivity contribution is 6.04. The first-order valence-electron chi connectivity index (χ1n) is 8.96. The molecule has 3 nitrogen and oxygen atoms in total. The molecule has 3 rings (SSSR count). The van der Waals surface area contributed by atoms with E-state index in [0.29, 0.717) is 11.1 Å². The summed E-state index contributed by atoms with van der Waals surface area (Å²) in [6, 6.07) is 25.5. The summed E-state index contributed by atoms with van der Waals surface area (Å²) in [7, 11) is 0. The van der Waals surface area contributed by atoms with E-state index in [2.05, 4.69) is 20.8 Å². The molecule has 0 atom stereocenters. The van der Waals surface area contributed by atoms with E-state index in [-0.39, 0.29) is 17.2 Å². The lowest BCUT2D eigenvalue weighted by atomic mass is 9.87. The lowest BCUT2D eigenvalue weighted by Gasteiger charge is -2.19. The number of benzene rings is 3. The zero-order valence-electron chi connectivity index (χ0n) is 15.9. The monoisotopic (exact) mass is 356 g/mol. The minimum Gasteiger partial charge on any atom is -0.421 e. The Bertz CT molecular complexity index is 934. The van der Waals surface area contributed by atoms with E-state index in [1.54, 1.807) is 0 Å². The molecule has 0 spiro atoms. The van der Waals surface area contributed by atoms with Crippen LogP contribution in [0.15, 0.2) is 78.9 Å². The third-order valence-electron chi connectivity index (χ3n) is 4.47. The van der Waals surface area contributed by atoms with Gasteiger partial charge in [-0.2, -0.15) is 0 Å². The van der Waals surface area contributed by atoms with Gasteiger partial charge in [-0.25, -0.2) is 0 Å². The molecule has 0 unspecified atom stereocenters. The molecule has 2 N–H and O–H groups in total. The maximum absolute atomic E-state index is 8.16. The van der Waals surface area contributed by atoms with Crippen molar-refractivity contribution in [3.8, 4) is 11.1 Å². The quantitative estimate of drug-likeness (QED) is 0.437. The van der Waals surface area contributed by atoms with Gasteiger partial charge in [-0.1, -0.05) is 75.4 Å². The summed E-state index contributed by atoms with van der Waals surface area (Å²) < 4.78 is 5.46. The van der Waals surface area contributed by atoms with Crippen LogP contribution in [0.2, 0.25) is 0 Å². The Hall–Kier alpha value is -3.20. The molecule has 3 aromatic carbocycles. The molecule has 0 bridgehead atoms. The second-order valence-corrected chi connectivity index (χ2v) is 7.53. The van der Waals surface area contributed by atoms with Gasteiger partial charge in [0.15, 0.2) is 0 Å². The summed E-state index contributed by atoms with van der Waals surface area (Å²) in [5.74, 6) is -0.0490. The average molecular weight is 356 g/mol. The molecule has 0 aliphatic rings. The van der Waals surface area contributed by atoms with Crippen LogP contribution in [0, 0.1) is 10.8 Å². The topological polar surface area (TPSA) is 56.9 Å². The molecule has 0 aromatic heterocycles. The molecule has 0 heterocycles. The zero-order chi connectivity index (χ0) is 19.4. The smallest absolute Gasteiger partial charge is 0.221 e. The SMILES string of the molecule is CC(C)(C)c1ccc(C(=N)OC(=N)c2ccc(-c3ccccc3)cc2)cc1. The van der Waals surface area contributed by atoms with Crippen molar-refractivity contribution in [2.75, 3.05) is 0 Å². The zero-order valence-corrected chi connectivity index (χ0v) is 15.9. The summed E-state index contributed by atoms with van der Waals surface area (Å²) >= 11 is 0. The van der Waals surface area contributed by atoms with Crippen molar-refractivity contribution in [3.05, 3.63) is 95.6 Å². The Labute approximate surface area is 160 Å². The molecular weight excluding hydrogens is 332 g/mol. The molecule has 0 amide bonds. The Morgan fingerprint density at radius 3 is 1.56 bits per heavy atom. The van der Waals surface area contributed by atoms with E-state index in [4.69, 9.17) is 15.6 Å². The standard InChI is InChI=1S/C24H24N2O/c1-24(2,3)21-15-13-20(14-16-21)23(26)27-22(25)19-11-9-18(10-12-19)17-7-5-4-6-8-17/h4-16,25-26H,1-3H3. The van der Waals surface area contributed by atoms with Gasteiger partial charge >= 0.3 is 0 Å². The van der Waals surface area contributed by atoms with Crippen molar-refractivity contribution < 1.29 is 4.74 Å². The normalized spacial score (nSPS) is 11.1. The van der Waals surface area contributed by atoms with Crippen LogP contribution in [-0.2, 0) is 10.2 Å². The number of rotatable bonds is 3. The number of ether oxygens (including phenoxy) is 1. The van der Waals surface area contributed by atoms with E-state index in [1.807, 2.05) is 78.9 Å². The van der Waals surface area contributed by atoms with Gasteiger partial charge in [0.1, 0.15) is 0 Å². The van der Waals surface area contributed by atoms with Gasteiger partial charge in [-0.05, 0) is 46.4 Å². The maximum atomic E-state index is 8.16. The van der Waals surface area contributed by atoms with Crippen molar-refractivity contribution in [1.82, 2.24) is 0 Å². The van der Waals surface area contributed by atoms with Crippen LogP contribution in [0.5, 0.6) is 0 Å². The third-order valence-corrected chi connectivity index (χ3v) is 4.47. The Kier molecular flexibility index (Phi) is 5.22. The molecule has 0 radical (unpaired) electrons. The van der Waals surface area contributed by atoms with Gasteiger partial charge in [-0.3, -0.25) is 10.8 Å². The van der Waals surface area contributed by atoms with Crippen molar-refractivity contribution in [2.45, 2.75) is 26.2 Å². The lowest BCUT2D eigenvalue weighted by Crippen LogP contribution is -2.14. The van der Waals surface area contributed by atoms with Crippen LogP contribution >= 0.6 is 0 Å². The van der Waals surface area contributed by atoms with Crippen LogP contribution in [0.1, 0.15) is 37.5 Å². The maximum Gasteiger partial charge on any atom is 0.221 e. The molecule has 0 fully saturated rings. The highest BCUT2D eigenvalue weighted by Crippen LogP contribution is 2.23. The predicted molar refractivity (Wildman–Crippen MR) is 112 cm³/mol. The number of nitrogens with one attached hydrogen (secondary N) is 2. The fraction of sp³-hybridized carbons (Fsp3) is 0.167. The Balaban J connectivity index is 1.69. The molecule has 0 aliphatic carbocycles. The largest absolute Gasteiger partial charge is 0.421 e. The Morgan fingerprint density at radius 1 is 0.630 bits per heavy atom. The summed E-state index contributed by atoms with van der Waals surface area (Å²) in [5, 5.41) is 16.3. The third kappa shape index (κ3) is 4.50. The molecule has 136 valence electrons. The van der Waals surface area contributed by atoms with Gasteiger partial charge in [0, 0.05) is 11.1 Å². The molecule has 3 aromatic rings. The van der Waals surface area contributed by atoms with Crippen molar-refractivity contribution in [2.24, 2.45) is 0 Å². The summed E-state index contributed by atoms with van der Waals surface area (Å²) in [4.78, 5) is 0. The minimum absolute atomic E-state index is 0.0207. The molecule has 3 heteroatoms. The Morgan fingerprint density at radius 2 is 1.07 bits per heavy atom. The molecule has 27 heavy (non-hydrogen) atoms. The van der Waals surface area contributed by atoms with Crippen LogP contribution in [0.3, 0.4) is 0 Å². The molecule has 0 saturated carbocycles. The predicted octanol–water partition coefficient (Wildman–Crippen LogP) is 6.02. The summed E-state index contributed by atoms with van der Waals surface area (Å²) in [6.07, 6.45) is 0. The van der Waals surface area contributed by atoms with Crippen LogP contribution in [0.4, 0.5) is 0 Å². The molecule has 0 aliphatic heterocycles. The number of hydrogen-bond acceptors (Lipinski definition) is 3. The van der Waals surface area contributed by atoms with E-state index in [0.717, 1.165) is 11.1 Å². The van der Waals surface area contributed by atoms with Crippen molar-refractivity contribution in [3.63, 3.8) is 0 Å². The fourth-order valence-electron chi connectivity index (χ4n) is 2.79. The highest BCUT2D eigenvalue weighted by atomic mass is 16.5. The van der Waals surface area contributed by atoms with E-state index in [9.17, 15) is 0 Å². The number of hydrogen-bond donors (Lipinski definition) is 2.